The summed E-state index contributed by atoms with van der Waals surface area (Å²) in [5, 5.41) is 32.1. The lowest BCUT2D eigenvalue weighted by Crippen LogP contribution is -2.63. The third kappa shape index (κ3) is 2.71. The molecule has 12 nitrogen and oxygen atoms in total. The van der Waals surface area contributed by atoms with Gasteiger partial charge in [0.05, 0.1) is 19.3 Å². The molecule has 4 aliphatic rings. The normalized spacial score (nSPS) is 40.9. The van der Waals surface area contributed by atoms with Crippen LogP contribution in [0.25, 0.3) is 0 Å². The van der Waals surface area contributed by atoms with Crippen molar-refractivity contribution in [3.05, 3.63) is 0 Å². The fraction of sp³-hybridized carbons (Fsp3) is 0.714. The average molecular weight is 368 g/mol. The summed E-state index contributed by atoms with van der Waals surface area (Å²) in [4.78, 5) is 26.4. The zero-order valence-electron chi connectivity index (χ0n) is 13.7. The Morgan fingerprint density at radius 2 is 2.23 bits per heavy atom. The van der Waals surface area contributed by atoms with E-state index in [2.05, 4.69) is 20.3 Å². The van der Waals surface area contributed by atoms with Crippen molar-refractivity contribution in [3.8, 4) is 0 Å². The van der Waals surface area contributed by atoms with Crippen molar-refractivity contribution >= 4 is 23.8 Å². The maximum Gasteiger partial charge on any atom is 0.269 e. The molecule has 6 N–H and O–H groups in total. The Labute approximate surface area is 148 Å². The van der Waals surface area contributed by atoms with Crippen molar-refractivity contribution in [1.82, 2.24) is 10.2 Å². The average Bonchev–Trinajstić information content (AvgIpc) is 3.30. The van der Waals surface area contributed by atoms with E-state index >= 15 is 0 Å². The van der Waals surface area contributed by atoms with Crippen molar-refractivity contribution < 1.29 is 29.6 Å². The SMILES string of the molecule is NC1(C(=O)NCC2CO2)N=CN=C2C1=NCN2[C@@H]1O[C@H](CO)[C@@H](O)[C@H]1O. The van der Waals surface area contributed by atoms with Gasteiger partial charge < -0.3 is 35.0 Å². The van der Waals surface area contributed by atoms with Gasteiger partial charge in [-0.2, -0.15) is 0 Å². The first kappa shape index (κ1) is 17.5. The van der Waals surface area contributed by atoms with Crippen LogP contribution in [0.2, 0.25) is 0 Å². The van der Waals surface area contributed by atoms with Crippen LogP contribution < -0.4 is 11.1 Å². The van der Waals surface area contributed by atoms with Crippen LogP contribution in [0.15, 0.2) is 15.0 Å². The first-order chi connectivity index (χ1) is 12.5. The molecule has 4 heterocycles. The van der Waals surface area contributed by atoms with Gasteiger partial charge >= 0.3 is 0 Å². The van der Waals surface area contributed by atoms with Gasteiger partial charge in [-0.3, -0.25) is 15.5 Å². The number of carbonyl (C=O) groups is 1. The number of hydrogen-bond donors (Lipinski definition) is 5. The number of rotatable bonds is 5. The molecule has 142 valence electrons. The molecule has 6 atom stereocenters. The maximum absolute atomic E-state index is 12.5. The second-order valence-corrected chi connectivity index (χ2v) is 6.48. The minimum absolute atomic E-state index is 0.00999. The summed E-state index contributed by atoms with van der Waals surface area (Å²) in [7, 11) is 0. The van der Waals surface area contributed by atoms with Crippen LogP contribution in [0.5, 0.6) is 0 Å². The maximum atomic E-state index is 12.5. The van der Waals surface area contributed by atoms with Crippen LogP contribution in [0.3, 0.4) is 0 Å². The van der Waals surface area contributed by atoms with Crippen LogP contribution in [-0.2, 0) is 14.3 Å². The molecule has 0 spiro atoms. The highest BCUT2D eigenvalue weighted by atomic mass is 16.6. The van der Waals surface area contributed by atoms with Gasteiger partial charge in [0.1, 0.15) is 37.0 Å². The van der Waals surface area contributed by atoms with E-state index in [1.165, 1.54) is 4.90 Å². The fourth-order valence-electron chi connectivity index (χ4n) is 3.11. The number of aliphatic imine (C=N–C) groups is 3. The molecule has 2 unspecified atom stereocenters. The number of amidine groups is 1. The molecule has 1 amide bonds. The number of nitrogens with zero attached hydrogens (tertiary/aromatic N) is 4. The molecule has 0 aliphatic carbocycles. The van der Waals surface area contributed by atoms with Crippen molar-refractivity contribution in [1.29, 1.82) is 0 Å². The third-order valence-corrected chi connectivity index (χ3v) is 4.73. The zero-order chi connectivity index (χ0) is 18.5. The molecule has 0 aromatic heterocycles. The Morgan fingerprint density at radius 1 is 1.46 bits per heavy atom. The second-order valence-electron chi connectivity index (χ2n) is 6.48. The highest BCUT2D eigenvalue weighted by molar-refractivity contribution is 6.51. The molecule has 0 aromatic carbocycles. The van der Waals surface area contributed by atoms with Gasteiger partial charge in [-0.1, -0.05) is 0 Å². The number of fused-ring (bicyclic) bond motifs is 1. The lowest BCUT2D eigenvalue weighted by molar-refractivity contribution is -0.123. The van der Waals surface area contributed by atoms with E-state index in [0.29, 0.717) is 13.2 Å². The highest BCUT2D eigenvalue weighted by Gasteiger charge is 2.52. The van der Waals surface area contributed by atoms with E-state index in [1.54, 1.807) is 0 Å². The topological polar surface area (TPSA) is 178 Å². The number of nitrogens with two attached hydrogens (primary N) is 1. The van der Waals surface area contributed by atoms with Gasteiger partial charge in [-0.05, 0) is 0 Å². The minimum Gasteiger partial charge on any atom is -0.394 e. The minimum atomic E-state index is -1.75. The van der Waals surface area contributed by atoms with E-state index < -0.39 is 42.7 Å². The summed E-state index contributed by atoms with van der Waals surface area (Å²) in [6.45, 7) is 0.484. The number of ether oxygens (including phenoxy) is 2. The van der Waals surface area contributed by atoms with Crippen LogP contribution in [-0.4, -0.2) is 107 Å². The molecule has 26 heavy (non-hydrogen) atoms. The number of hydrogen-bond acceptors (Lipinski definition) is 11. The number of aliphatic hydroxyl groups excluding tert-OH is 3. The van der Waals surface area contributed by atoms with Crippen LogP contribution in [0, 0.1) is 0 Å². The number of carbonyl (C=O) groups excluding carboxylic acids is 1. The van der Waals surface area contributed by atoms with E-state index in [9.17, 15) is 20.1 Å². The molecule has 2 saturated heterocycles. The van der Waals surface area contributed by atoms with E-state index in [-0.39, 0.29) is 24.3 Å². The summed E-state index contributed by atoms with van der Waals surface area (Å²) >= 11 is 0. The molecule has 2 fully saturated rings. The molecular weight excluding hydrogens is 348 g/mol. The number of aliphatic hydroxyl groups is 3. The van der Waals surface area contributed by atoms with Gasteiger partial charge in [0.2, 0.25) is 5.66 Å². The number of amides is 1. The Morgan fingerprint density at radius 3 is 2.88 bits per heavy atom. The second kappa shape index (κ2) is 6.33. The van der Waals surface area contributed by atoms with E-state index in [1.807, 2.05) is 0 Å². The largest absolute Gasteiger partial charge is 0.394 e. The Kier molecular flexibility index (Phi) is 4.25. The molecular formula is C14H20N6O6. The summed E-state index contributed by atoms with van der Waals surface area (Å²) in [5.74, 6) is -0.312. The van der Waals surface area contributed by atoms with E-state index in [0.717, 1.165) is 6.34 Å². The van der Waals surface area contributed by atoms with Crippen molar-refractivity contribution in [3.63, 3.8) is 0 Å². The van der Waals surface area contributed by atoms with Gasteiger partial charge in [-0.15, -0.1) is 0 Å². The summed E-state index contributed by atoms with van der Waals surface area (Å²) in [6.07, 6.45) is -3.31. The quantitative estimate of drug-likeness (QED) is 0.303. The van der Waals surface area contributed by atoms with E-state index in [4.69, 9.17) is 15.2 Å². The molecule has 0 saturated carbocycles. The number of nitrogens with one attached hydrogen (secondary N) is 1. The van der Waals surface area contributed by atoms with Crippen LogP contribution in [0.4, 0.5) is 0 Å². The van der Waals surface area contributed by atoms with Crippen molar-refractivity contribution in [2.75, 3.05) is 26.4 Å². The zero-order valence-corrected chi connectivity index (χ0v) is 13.7. The third-order valence-electron chi connectivity index (χ3n) is 4.73. The Hall–Kier alpha value is -1.96. The number of epoxide rings is 1. The van der Waals surface area contributed by atoms with Gasteiger partial charge in [0.25, 0.3) is 5.91 Å². The molecule has 4 rings (SSSR count). The first-order valence-corrected chi connectivity index (χ1v) is 8.20. The molecule has 12 heteroatoms. The molecule has 0 aromatic rings. The van der Waals surface area contributed by atoms with Gasteiger partial charge in [0.15, 0.2) is 12.1 Å². The van der Waals surface area contributed by atoms with Crippen molar-refractivity contribution in [2.45, 2.75) is 36.3 Å². The van der Waals surface area contributed by atoms with Crippen LogP contribution in [0.1, 0.15) is 0 Å². The van der Waals surface area contributed by atoms with Gasteiger partial charge in [0, 0.05) is 6.54 Å². The standard InChI is InChI=1S/C14H20N6O6/c15-14(13(24)16-1-6-3-25-6)10-11(17-4-19-14)20(5-18-10)12-9(23)8(22)7(2-21)26-12/h4,6-9,12,21-23H,1-3,5,15H2,(H,16,24)/t6?,7-,8-,9-,12-,14?/m1/s1. The summed E-state index contributed by atoms with van der Waals surface area (Å²) in [6, 6.07) is 0. The fourth-order valence-corrected chi connectivity index (χ4v) is 3.11. The summed E-state index contributed by atoms with van der Waals surface area (Å²) in [5.41, 5.74) is 4.58. The van der Waals surface area contributed by atoms with Crippen LogP contribution >= 0.6 is 0 Å². The van der Waals surface area contributed by atoms with Crippen molar-refractivity contribution in [2.24, 2.45) is 20.7 Å². The molecule has 0 bridgehead atoms. The predicted octanol–water partition coefficient (Wildman–Crippen LogP) is -4.25. The molecule has 0 radical (unpaired) electrons. The molecule has 4 aliphatic heterocycles. The lowest BCUT2D eigenvalue weighted by Gasteiger charge is -2.31. The first-order valence-electron chi connectivity index (χ1n) is 8.20. The smallest absolute Gasteiger partial charge is 0.269 e. The Bertz CT molecular complexity index is 693. The summed E-state index contributed by atoms with van der Waals surface area (Å²) < 4.78 is 10.6. The monoisotopic (exact) mass is 368 g/mol. The lowest BCUT2D eigenvalue weighted by atomic mass is 10.0. The van der Waals surface area contributed by atoms with Gasteiger partial charge in [-0.25, -0.2) is 9.98 Å². The Balaban J connectivity index is 1.52. The highest BCUT2D eigenvalue weighted by Crippen LogP contribution is 2.28. The predicted molar refractivity (Wildman–Crippen MR) is 87.5 cm³/mol.